The van der Waals surface area contributed by atoms with Crippen LogP contribution in [0.1, 0.15) is 26.7 Å². The number of hydrogen-bond donors (Lipinski definition) is 4. The summed E-state index contributed by atoms with van der Waals surface area (Å²) < 4.78 is 0. The fourth-order valence-corrected chi connectivity index (χ4v) is 3.62. The topological polar surface area (TPSA) is 90.6 Å². The molecule has 104 valence electrons. The number of fused-ring (bicyclic) bond motifs is 4. The van der Waals surface area contributed by atoms with Crippen LogP contribution in [-0.4, -0.2) is 48.3 Å². The lowest BCUT2D eigenvalue weighted by atomic mass is 9.66. The lowest BCUT2D eigenvalue weighted by Crippen LogP contribution is -2.55. The van der Waals surface area contributed by atoms with E-state index in [4.69, 9.17) is 5.84 Å². The van der Waals surface area contributed by atoms with Gasteiger partial charge in [0.1, 0.15) is 0 Å². The van der Waals surface area contributed by atoms with Gasteiger partial charge in [-0.25, -0.2) is 10.6 Å². The highest BCUT2D eigenvalue weighted by Crippen LogP contribution is 2.45. The molecule has 2 atom stereocenters. The number of hydrazine groups is 1. The van der Waals surface area contributed by atoms with Crippen molar-refractivity contribution < 1.29 is 9.90 Å². The number of carbonyl (C=O) groups is 1. The van der Waals surface area contributed by atoms with Crippen LogP contribution < -0.4 is 16.6 Å². The zero-order chi connectivity index (χ0) is 13.4. The highest BCUT2D eigenvalue weighted by atomic mass is 16.3. The Bertz CT molecular complexity index is 334. The predicted octanol–water partition coefficient (Wildman–Crippen LogP) is -0.358. The molecule has 2 unspecified atom stereocenters. The maximum atomic E-state index is 11.8. The number of hydrogen-bond acceptors (Lipinski definition) is 4. The minimum atomic E-state index is -0.233. The number of urea groups is 1. The quantitative estimate of drug-likeness (QED) is 0.308. The summed E-state index contributed by atoms with van der Waals surface area (Å²) in [7, 11) is 0. The number of rotatable bonds is 2. The average molecular weight is 256 g/mol. The molecule has 3 saturated heterocycles. The fraction of sp³-hybridized carbons (Fsp3) is 0.917. The minimum Gasteiger partial charge on any atom is -0.396 e. The fourth-order valence-electron chi connectivity index (χ4n) is 3.62. The molecule has 0 radical (unpaired) electrons. The van der Waals surface area contributed by atoms with Crippen LogP contribution in [0, 0.1) is 10.8 Å². The molecule has 0 aromatic heterocycles. The second-order valence-corrected chi connectivity index (χ2v) is 6.40. The van der Waals surface area contributed by atoms with E-state index in [9.17, 15) is 9.90 Å². The van der Waals surface area contributed by atoms with Gasteiger partial charge in [-0.2, -0.15) is 0 Å². The van der Waals surface area contributed by atoms with Crippen LogP contribution in [0.15, 0.2) is 0 Å². The van der Waals surface area contributed by atoms with Gasteiger partial charge in [0.15, 0.2) is 0 Å². The van der Waals surface area contributed by atoms with E-state index in [1.807, 2.05) is 0 Å². The van der Waals surface area contributed by atoms with Gasteiger partial charge in [-0.1, -0.05) is 13.8 Å². The number of aliphatic hydroxyl groups is 1. The van der Waals surface area contributed by atoms with Crippen LogP contribution in [-0.2, 0) is 0 Å². The first-order chi connectivity index (χ1) is 8.42. The predicted molar refractivity (Wildman–Crippen MR) is 68.6 cm³/mol. The van der Waals surface area contributed by atoms with Crippen LogP contribution in [0.2, 0.25) is 0 Å². The van der Waals surface area contributed by atoms with Gasteiger partial charge >= 0.3 is 6.03 Å². The van der Waals surface area contributed by atoms with Crippen molar-refractivity contribution in [1.29, 1.82) is 0 Å². The molecule has 6 heteroatoms. The van der Waals surface area contributed by atoms with E-state index in [1.54, 1.807) is 4.90 Å². The highest BCUT2D eigenvalue weighted by Gasteiger charge is 2.49. The highest BCUT2D eigenvalue weighted by molar-refractivity contribution is 5.73. The van der Waals surface area contributed by atoms with Gasteiger partial charge in [-0.05, 0) is 18.3 Å². The third kappa shape index (κ3) is 2.32. The van der Waals surface area contributed by atoms with E-state index < -0.39 is 0 Å². The molecule has 5 N–H and O–H groups in total. The van der Waals surface area contributed by atoms with Crippen molar-refractivity contribution in [2.45, 2.75) is 32.7 Å². The Morgan fingerprint density at radius 3 is 2.89 bits per heavy atom. The molecule has 0 saturated carbocycles. The monoisotopic (exact) mass is 256 g/mol. The van der Waals surface area contributed by atoms with Crippen molar-refractivity contribution >= 4 is 6.03 Å². The third-order valence-electron chi connectivity index (χ3n) is 4.48. The first-order valence-electron chi connectivity index (χ1n) is 6.52. The van der Waals surface area contributed by atoms with Crippen LogP contribution in [0.4, 0.5) is 4.79 Å². The summed E-state index contributed by atoms with van der Waals surface area (Å²) in [4.78, 5) is 13.6. The summed E-state index contributed by atoms with van der Waals surface area (Å²) in [6.45, 7) is 6.78. The van der Waals surface area contributed by atoms with Crippen LogP contribution in [0.25, 0.3) is 0 Å². The Hall–Kier alpha value is -0.850. The van der Waals surface area contributed by atoms with Gasteiger partial charge in [0.2, 0.25) is 0 Å². The zero-order valence-electron chi connectivity index (χ0n) is 11.2. The Kier molecular flexibility index (Phi) is 3.53. The number of nitrogens with two attached hydrogens (primary N) is 1. The van der Waals surface area contributed by atoms with Gasteiger partial charge in [0.05, 0.1) is 0 Å². The number of aliphatic hydroxyl groups excluding tert-OH is 1. The second-order valence-electron chi connectivity index (χ2n) is 6.40. The van der Waals surface area contributed by atoms with Crippen LogP contribution in [0.3, 0.4) is 0 Å². The van der Waals surface area contributed by atoms with Crippen molar-refractivity contribution in [3.05, 3.63) is 0 Å². The molecule has 18 heavy (non-hydrogen) atoms. The van der Waals surface area contributed by atoms with Gasteiger partial charge in [0.25, 0.3) is 0 Å². The number of piperidine rings is 1. The van der Waals surface area contributed by atoms with Crippen molar-refractivity contribution in [3.8, 4) is 0 Å². The minimum absolute atomic E-state index is 0.0439. The Morgan fingerprint density at radius 1 is 1.61 bits per heavy atom. The van der Waals surface area contributed by atoms with E-state index >= 15 is 0 Å². The summed E-state index contributed by atoms with van der Waals surface area (Å²) in [5.41, 5.74) is 2.29. The smallest absolute Gasteiger partial charge is 0.331 e. The molecule has 3 rings (SSSR count). The molecule has 0 spiro atoms. The lowest BCUT2D eigenvalue weighted by molar-refractivity contribution is 0.0622. The van der Waals surface area contributed by atoms with E-state index in [0.717, 1.165) is 13.0 Å². The Balaban J connectivity index is 2.26. The van der Waals surface area contributed by atoms with Crippen molar-refractivity contribution in [3.63, 3.8) is 0 Å². The van der Waals surface area contributed by atoms with E-state index in [1.165, 1.54) is 0 Å². The van der Waals surface area contributed by atoms with Crippen molar-refractivity contribution in [2.24, 2.45) is 16.7 Å². The number of carbonyl (C=O) groups excluding carboxylic acids is 1. The van der Waals surface area contributed by atoms with Gasteiger partial charge in [0, 0.05) is 37.7 Å². The second kappa shape index (κ2) is 4.68. The average Bonchev–Trinajstić information content (AvgIpc) is 2.54. The molecule has 3 aliphatic heterocycles. The Labute approximate surface area is 108 Å². The summed E-state index contributed by atoms with van der Waals surface area (Å²) in [6.07, 6.45) is 1.73. The largest absolute Gasteiger partial charge is 0.396 e. The summed E-state index contributed by atoms with van der Waals surface area (Å²) >= 11 is 0. The van der Waals surface area contributed by atoms with Gasteiger partial charge in [-0.3, -0.25) is 5.43 Å². The zero-order valence-corrected chi connectivity index (χ0v) is 11.2. The Morgan fingerprint density at radius 2 is 2.33 bits per heavy atom. The molecular formula is C12H24N4O2. The first-order valence-corrected chi connectivity index (χ1v) is 6.52. The molecule has 0 aromatic carbocycles. The molecule has 2 bridgehead atoms. The molecule has 0 aliphatic carbocycles. The summed E-state index contributed by atoms with van der Waals surface area (Å²) in [5, 5.41) is 12.8. The normalized spacial score (nSPS) is 34.2. The molecule has 0 aromatic rings. The molecule has 6 nitrogen and oxygen atoms in total. The van der Waals surface area contributed by atoms with Crippen LogP contribution >= 0.6 is 0 Å². The SMILES string of the molecule is CC1(C)CC2(CCO)CNC1CN(C(=O)NN)C2. The van der Waals surface area contributed by atoms with E-state index in [0.29, 0.717) is 19.5 Å². The van der Waals surface area contributed by atoms with E-state index in [2.05, 4.69) is 24.6 Å². The lowest BCUT2D eigenvalue weighted by Gasteiger charge is -2.46. The van der Waals surface area contributed by atoms with Gasteiger partial charge in [-0.15, -0.1) is 0 Å². The maximum absolute atomic E-state index is 11.8. The third-order valence-corrected chi connectivity index (χ3v) is 4.48. The standard InChI is InChI=1S/C12H24N4O2/c1-11(2)6-12(3-4-17)7-14-9(11)5-16(8-12)10(18)15-13/h9,14,17H,3-8,13H2,1-2H3,(H,15,18). The van der Waals surface area contributed by atoms with Crippen LogP contribution in [0.5, 0.6) is 0 Å². The number of nitrogens with one attached hydrogen (secondary N) is 2. The van der Waals surface area contributed by atoms with Gasteiger partial charge < -0.3 is 15.3 Å². The molecule has 3 aliphatic rings. The van der Waals surface area contributed by atoms with Crippen molar-refractivity contribution in [1.82, 2.24) is 15.6 Å². The molecule has 3 fully saturated rings. The molecular weight excluding hydrogens is 232 g/mol. The maximum Gasteiger partial charge on any atom is 0.331 e. The van der Waals surface area contributed by atoms with Crippen molar-refractivity contribution in [2.75, 3.05) is 26.2 Å². The number of amides is 2. The summed E-state index contributed by atoms with van der Waals surface area (Å²) in [5.74, 6) is 5.24. The summed E-state index contributed by atoms with van der Waals surface area (Å²) in [6, 6.07) is 0.0489. The molecule has 2 amide bonds. The van der Waals surface area contributed by atoms with E-state index in [-0.39, 0.29) is 29.5 Å². The number of nitrogens with zero attached hydrogens (tertiary/aromatic N) is 1. The first kappa shape index (κ1) is 13.6. The molecule has 3 heterocycles.